The summed E-state index contributed by atoms with van der Waals surface area (Å²) in [7, 11) is -4.04. The first kappa shape index (κ1) is 27.3. The quantitative estimate of drug-likeness (QED) is 0.562. The number of fused-ring (bicyclic) bond motifs is 1. The summed E-state index contributed by atoms with van der Waals surface area (Å²) in [4.78, 5) is 12.5. The lowest BCUT2D eigenvalue weighted by Gasteiger charge is -2.43. The Labute approximate surface area is 219 Å². The Morgan fingerprint density at radius 1 is 1.11 bits per heavy atom. The van der Waals surface area contributed by atoms with Crippen molar-refractivity contribution >= 4 is 39.1 Å². The van der Waals surface area contributed by atoms with Gasteiger partial charge in [-0.25, -0.2) is 12.8 Å². The molecule has 2 N–H and O–H groups in total. The lowest BCUT2D eigenvalue weighted by atomic mass is 9.96. The summed E-state index contributed by atoms with van der Waals surface area (Å²) < 4.78 is 53.1. The minimum Gasteiger partial charge on any atom is -0.389 e. The number of β-amino-alcohol motifs (C(OH)–C–C–N with tert-alkyl or cyclic N) is 1. The maximum Gasteiger partial charge on any atom is 0.243 e. The van der Waals surface area contributed by atoms with Gasteiger partial charge < -0.3 is 19.9 Å². The smallest absolute Gasteiger partial charge is 0.243 e. The zero-order valence-corrected chi connectivity index (χ0v) is 21.6. The van der Waals surface area contributed by atoms with Gasteiger partial charge in [0.1, 0.15) is 5.82 Å². The number of nitrogens with one attached hydrogen (secondary N) is 1. The number of benzene rings is 2. The van der Waals surface area contributed by atoms with E-state index in [-0.39, 0.29) is 43.5 Å². The van der Waals surface area contributed by atoms with Crippen LogP contribution in [0.15, 0.2) is 47.4 Å². The standard InChI is InChI=1S/C24H27Cl2FN2O6S/c25-20-7-1-15(9-21(20)26)11-28-24(31)10-18-4-8-22-23(35-18)14-34-13-17(30)12-29(22)36(32,33)19-5-2-16(27)3-6-19/h1-3,5-7,9,17-18,22-23,30H,4,8,10-14H2,(H,28,31)/t17-,18+,22-,23+/m1/s1. The van der Waals surface area contributed by atoms with E-state index in [1.165, 1.54) is 16.4 Å². The molecule has 0 aliphatic carbocycles. The number of rotatable bonds is 6. The van der Waals surface area contributed by atoms with Crippen molar-refractivity contribution in [1.29, 1.82) is 0 Å². The van der Waals surface area contributed by atoms with Crippen LogP contribution < -0.4 is 5.32 Å². The lowest BCUT2D eigenvalue weighted by Crippen LogP contribution is -2.57. The van der Waals surface area contributed by atoms with E-state index in [1.54, 1.807) is 18.2 Å². The molecule has 1 amide bonds. The Bertz CT molecular complexity index is 1180. The summed E-state index contributed by atoms with van der Waals surface area (Å²) in [5.74, 6) is -0.767. The molecule has 196 valence electrons. The van der Waals surface area contributed by atoms with Crippen LogP contribution in [0.3, 0.4) is 0 Å². The number of hydrogen-bond acceptors (Lipinski definition) is 6. The van der Waals surface area contributed by atoms with E-state index in [0.717, 1.165) is 17.7 Å². The van der Waals surface area contributed by atoms with Crippen LogP contribution in [0.1, 0.15) is 24.8 Å². The fraction of sp³-hybridized carbons (Fsp3) is 0.458. The van der Waals surface area contributed by atoms with E-state index >= 15 is 0 Å². The third kappa shape index (κ3) is 6.55. The highest BCUT2D eigenvalue weighted by molar-refractivity contribution is 7.89. The number of halogens is 3. The average molecular weight is 561 g/mol. The van der Waals surface area contributed by atoms with Crippen LogP contribution in [-0.4, -0.2) is 67.8 Å². The summed E-state index contributed by atoms with van der Waals surface area (Å²) in [5, 5.41) is 13.9. The van der Waals surface area contributed by atoms with Crippen molar-refractivity contribution in [3.63, 3.8) is 0 Å². The molecule has 8 nitrogen and oxygen atoms in total. The molecule has 0 bridgehead atoms. The highest BCUT2D eigenvalue weighted by Crippen LogP contribution is 2.31. The number of carbonyl (C=O) groups is 1. The summed E-state index contributed by atoms with van der Waals surface area (Å²) in [6, 6.07) is 9.07. The maximum absolute atomic E-state index is 13.4. The number of hydrogen-bond donors (Lipinski definition) is 2. The Morgan fingerprint density at radius 3 is 2.58 bits per heavy atom. The lowest BCUT2D eigenvalue weighted by molar-refractivity contribution is -0.146. The van der Waals surface area contributed by atoms with Gasteiger partial charge in [0.2, 0.25) is 15.9 Å². The number of amides is 1. The molecule has 2 heterocycles. The first-order valence-electron chi connectivity index (χ1n) is 11.5. The molecule has 2 aromatic rings. The molecule has 0 unspecified atom stereocenters. The summed E-state index contributed by atoms with van der Waals surface area (Å²) >= 11 is 11.9. The third-order valence-corrected chi connectivity index (χ3v) is 8.88. The highest BCUT2D eigenvalue weighted by atomic mass is 35.5. The first-order chi connectivity index (χ1) is 17.1. The largest absolute Gasteiger partial charge is 0.389 e. The van der Waals surface area contributed by atoms with Gasteiger partial charge in [0.15, 0.2) is 0 Å². The monoisotopic (exact) mass is 560 g/mol. The molecule has 2 aliphatic heterocycles. The van der Waals surface area contributed by atoms with Crippen LogP contribution in [0.2, 0.25) is 10.0 Å². The second-order valence-electron chi connectivity index (χ2n) is 8.89. The second kappa shape index (κ2) is 11.7. The number of ether oxygens (including phenoxy) is 2. The van der Waals surface area contributed by atoms with Crippen molar-refractivity contribution in [2.24, 2.45) is 0 Å². The van der Waals surface area contributed by atoms with Gasteiger partial charge >= 0.3 is 0 Å². The topological polar surface area (TPSA) is 105 Å². The van der Waals surface area contributed by atoms with Crippen LogP contribution >= 0.6 is 23.2 Å². The molecular weight excluding hydrogens is 534 g/mol. The average Bonchev–Trinajstić information content (AvgIpc) is 2.83. The predicted molar refractivity (Wildman–Crippen MR) is 132 cm³/mol. The molecule has 4 atom stereocenters. The van der Waals surface area contributed by atoms with Gasteiger partial charge in [-0.2, -0.15) is 4.31 Å². The Balaban J connectivity index is 1.42. The van der Waals surface area contributed by atoms with E-state index in [1.807, 2.05) is 0 Å². The molecule has 2 fully saturated rings. The number of aliphatic hydroxyl groups excluding tert-OH is 1. The van der Waals surface area contributed by atoms with Crippen molar-refractivity contribution in [2.45, 2.75) is 55.1 Å². The van der Waals surface area contributed by atoms with E-state index in [2.05, 4.69) is 5.32 Å². The van der Waals surface area contributed by atoms with Gasteiger partial charge in [-0.1, -0.05) is 29.3 Å². The zero-order valence-electron chi connectivity index (χ0n) is 19.3. The third-order valence-electron chi connectivity index (χ3n) is 6.24. The van der Waals surface area contributed by atoms with Gasteiger partial charge in [0.05, 0.1) is 58.9 Å². The van der Waals surface area contributed by atoms with E-state index in [9.17, 15) is 22.7 Å². The van der Waals surface area contributed by atoms with Crippen molar-refractivity contribution in [3.8, 4) is 0 Å². The highest BCUT2D eigenvalue weighted by Gasteiger charge is 2.43. The first-order valence-corrected chi connectivity index (χ1v) is 13.7. The van der Waals surface area contributed by atoms with Gasteiger partial charge in [0, 0.05) is 13.1 Å². The fourth-order valence-corrected chi connectivity index (χ4v) is 6.48. The molecule has 2 aliphatic rings. The number of aliphatic hydroxyl groups is 1. The molecule has 0 aromatic heterocycles. The fourth-order valence-electron chi connectivity index (χ4n) is 4.44. The van der Waals surface area contributed by atoms with Crippen LogP contribution in [0.5, 0.6) is 0 Å². The molecular formula is C24H27Cl2FN2O6S. The molecule has 12 heteroatoms. The molecule has 0 radical (unpaired) electrons. The van der Waals surface area contributed by atoms with E-state index in [4.69, 9.17) is 32.7 Å². The second-order valence-corrected chi connectivity index (χ2v) is 11.6. The van der Waals surface area contributed by atoms with E-state index in [0.29, 0.717) is 22.9 Å². The van der Waals surface area contributed by atoms with Gasteiger partial charge in [0.25, 0.3) is 0 Å². The Kier molecular flexibility index (Phi) is 8.87. The minimum atomic E-state index is -4.04. The van der Waals surface area contributed by atoms with Crippen LogP contribution in [-0.2, 0) is 30.8 Å². The van der Waals surface area contributed by atoms with E-state index < -0.39 is 40.2 Å². The van der Waals surface area contributed by atoms with Gasteiger partial charge in [-0.3, -0.25) is 4.79 Å². The number of nitrogens with zero attached hydrogens (tertiary/aromatic N) is 1. The Morgan fingerprint density at radius 2 is 1.86 bits per heavy atom. The van der Waals surface area contributed by atoms with Crippen LogP contribution in [0, 0.1) is 5.82 Å². The molecule has 2 aromatic carbocycles. The van der Waals surface area contributed by atoms with Gasteiger partial charge in [-0.05, 0) is 54.8 Å². The summed E-state index contributed by atoms with van der Waals surface area (Å²) in [6.45, 7) is 0.105. The normalized spacial score (nSPS) is 25.4. The molecule has 36 heavy (non-hydrogen) atoms. The van der Waals surface area contributed by atoms with Gasteiger partial charge in [-0.15, -0.1) is 0 Å². The molecule has 0 spiro atoms. The minimum absolute atomic E-state index is 0.0587. The maximum atomic E-state index is 13.4. The summed E-state index contributed by atoms with van der Waals surface area (Å²) in [5.41, 5.74) is 0.802. The molecule has 2 saturated heterocycles. The van der Waals surface area contributed by atoms with Crippen molar-refractivity contribution in [3.05, 3.63) is 63.9 Å². The van der Waals surface area contributed by atoms with Crippen molar-refractivity contribution in [1.82, 2.24) is 9.62 Å². The molecule has 4 rings (SSSR count). The summed E-state index contributed by atoms with van der Waals surface area (Å²) in [6.07, 6.45) is -1.14. The van der Waals surface area contributed by atoms with Crippen LogP contribution in [0.4, 0.5) is 4.39 Å². The predicted octanol–water partition coefficient (Wildman–Crippen LogP) is 3.14. The SMILES string of the molecule is O=C(C[C@@H]1CC[C@@H]2[C@H](COC[C@H](O)CN2S(=O)(=O)c2ccc(F)cc2)O1)NCc1ccc(Cl)c(Cl)c1. The van der Waals surface area contributed by atoms with Crippen LogP contribution in [0.25, 0.3) is 0 Å². The van der Waals surface area contributed by atoms with Crippen molar-refractivity contribution < 1.29 is 32.2 Å². The zero-order chi connectivity index (χ0) is 25.9. The molecule has 0 saturated carbocycles. The number of sulfonamides is 1. The Hall–Kier alpha value is -1.79. The number of carbonyl (C=O) groups excluding carboxylic acids is 1. The van der Waals surface area contributed by atoms with Crippen molar-refractivity contribution in [2.75, 3.05) is 19.8 Å².